The topological polar surface area (TPSA) is 30.7 Å². The van der Waals surface area contributed by atoms with E-state index in [-0.39, 0.29) is 5.82 Å². The van der Waals surface area contributed by atoms with Gasteiger partial charge in [0.15, 0.2) is 5.65 Å². The van der Waals surface area contributed by atoms with Crippen LogP contribution in [0.5, 0.6) is 0 Å². The summed E-state index contributed by atoms with van der Waals surface area (Å²) in [5.41, 5.74) is 0.787. The van der Waals surface area contributed by atoms with Crippen LogP contribution in [0.2, 0.25) is 0 Å². The predicted octanol–water partition coefficient (Wildman–Crippen LogP) is 2.68. The van der Waals surface area contributed by atoms with Crippen molar-refractivity contribution in [3.63, 3.8) is 0 Å². The molecule has 3 nitrogen and oxygen atoms in total. The van der Waals surface area contributed by atoms with Crippen LogP contribution < -0.4 is 0 Å². The third kappa shape index (κ3) is 1.49. The molecule has 0 atom stereocenters. The summed E-state index contributed by atoms with van der Waals surface area (Å²) in [6.07, 6.45) is 3.46. The minimum absolute atomic E-state index is 0.176. The van der Waals surface area contributed by atoms with Gasteiger partial charge in [-0.1, -0.05) is 0 Å². The predicted molar refractivity (Wildman–Crippen MR) is 60.9 cm³/mol. The zero-order chi connectivity index (χ0) is 11.0. The van der Waals surface area contributed by atoms with E-state index in [4.69, 9.17) is 0 Å². The quantitative estimate of drug-likeness (QED) is 0.681. The Bertz CT molecular complexity index is 629. The molecule has 3 rings (SSSR count). The molecular formula is C11H8FN3S. The van der Waals surface area contributed by atoms with E-state index >= 15 is 0 Å². The molecule has 0 saturated heterocycles. The zero-order valence-corrected chi connectivity index (χ0v) is 9.12. The third-order valence-electron chi connectivity index (χ3n) is 2.38. The van der Waals surface area contributed by atoms with E-state index in [1.165, 1.54) is 17.4 Å². The summed E-state index contributed by atoms with van der Waals surface area (Å²) in [5, 5.41) is 6.92. The van der Waals surface area contributed by atoms with Gasteiger partial charge in [0.1, 0.15) is 5.82 Å². The Morgan fingerprint density at radius 3 is 3.12 bits per heavy atom. The monoisotopic (exact) mass is 233 g/mol. The second kappa shape index (κ2) is 3.68. The molecule has 0 amide bonds. The molecule has 0 radical (unpaired) electrons. The number of thiophene rings is 1. The number of hydrogen-bond acceptors (Lipinski definition) is 3. The first-order valence-electron chi connectivity index (χ1n) is 4.83. The van der Waals surface area contributed by atoms with E-state index in [0.29, 0.717) is 11.4 Å². The molecule has 0 aliphatic carbocycles. The van der Waals surface area contributed by atoms with Crippen molar-refractivity contribution in [3.8, 4) is 0 Å². The smallest absolute Gasteiger partial charge is 0.158 e. The van der Waals surface area contributed by atoms with Crippen molar-refractivity contribution in [1.29, 1.82) is 0 Å². The molecule has 80 valence electrons. The third-order valence-corrected chi connectivity index (χ3v) is 3.26. The second-order valence-corrected chi connectivity index (χ2v) is 4.41. The fourth-order valence-electron chi connectivity index (χ4n) is 1.60. The Morgan fingerprint density at radius 1 is 1.38 bits per heavy atom. The second-order valence-electron chi connectivity index (χ2n) is 3.41. The van der Waals surface area contributed by atoms with Crippen molar-refractivity contribution in [2.75, 3.05) is 0 Å². The van der Waals surface area contributed by atoms with Crippen LogP contribution >= 0.6 is 11.3 Å². The number of aromatic nitrogens is 3. The molecule has 0 saturated carbocycles. The Balaban J connectivity index is 2.04. The largest absolute Gasteiger partial charge is 0.242 e. The lowest BCUT2D eigenvalue weighted by atomic mass is 10.3. The molecule has 3 aromatic heterocycles. The van der Waals surface area contributed by atoms with Crippen molar-refractivity contribution in [3.05, 3.63) is 46.7 Å². The fraction of sp³-hybridized carbons (Fsp3) is 0.0909. The Labute approximate surface area is 95.2 Å². The minimum atomic E-state index is -0.176. The molecule has 3 heterocycles. The van der Waals surface area contributed by atoms with E-state index in [0.717, 1.165) is 11.0 Å². The first-order valence-corrected chi connectivity index (χ1v) is 5.71. The van der Waals surface area contributed by atoms with E-state index in [2.05, 4.69) is 10.1 Å². The molecule has 0 N–H and O–H groups in total. The van der Waals surface area contributed by atoms with E-state index in [1.807, 2.05) is 12.1 Å². The van der Waals surface area contributed by atoms with Gasteiger partial charge in [0.2, 0.25) is 0 Å². The van der Waals surface area contributed by atoms with Gasteiger partial charge in [-0.3, -0.25) is 0 Å². The number of nitrogens with zero attached hydrogens (tertiary/aromatic N) is 3. The molecular weight excluding hydrogens is 225 g/mol. The van der Waals surface area contributed by atoms with Crippen molar-refractivity contribution in [1.82, 2.24) is 14.8 Å². The summed E-state index contributed by atoms with van der Waals surface area (Å²) < 4.78 is 15.0. The van der Waals surface area contributed by atoms with E-state index in [1.54, 1.807) is 22.5 Å². The van der Waals surface area contributed by atoms with Gasteiger partial charge in [-0.2, -0.15) is 5.10 Å². The Hall–Kier alpha value is -1.75. The maximum Gasteiger partial charge on any atom is 0.158 e. The fourth-order valence-corrected chi connectivity index (χ4v) is 2.33. The molecule has 0 aliphatic heterocycles. The van der Waals surface area contributed by atoms with Crippen LogP contribution in [0.3, 0.4) is 0 Å². The van der Waals surface area contributed by atoms with E-state index < -0.39 is 0 Å². The average Bonchev–Trinajstić information content (AvgIpc) is 2.88. The normalized spacial score (nSPS) is 11.1. The van der Waals surface area contributed by atoms with Crippen molar-refractivity contribution >= 4 is 22.4 Å². The number of halogens is 1. The van der Waals surface area contributed by atoms with Crippen LogP contribution in [-0.2, 0) is 6.54 Å². The lowest BCUT2D eigenvalue weighted by Crippen LogP contribution is -2.01. The van der Waals surface area contributed by atoms with Gasteiger partial charge in [-0.15, -0.1) is 11.3 Å². The minimum Gasteiger partial charge on any atom is -0.242 e. The van der Waals surface area contributed by atoms with Crippen molar-refractivity contribution in [2.45, 2.75) is 6.54 Å². The molecule has 0 aromatic carbocycles. The van der Waals surface area contributed by atoms with Crippen LogP contribution in [0.25, 0.3) is 11.0 Å². The summed E-state index contributed by atoms with van der Waals surface area (Å²) in [7, 11) is 0. The zero-order valence-electron chi connectivity index (χ0n) is 8.30. The van der Waals surface area contributed by atoms with Crippen LogP contribution in [0.1, 0.15) is 4.88 Å². The number of fused-ring (bicyclic) bond motifs is 1. The molecule has 16 heavy (non-hydrogen) atoms. The summed E-state index contributed by atoms with van der Waals surface area (Å²) >= 11 is 1.39. The van der Waals surface area contributed by atoms with Crippen molar-refractivity contribution < 1.29 is 4.39 Å². The van der Waals surface area contributed by atoms with Crippen LogP contribution in [-0.4, -0.2) is 14.8 Å². The summed E-state index contributed by atoms with van der Waals surface area (Å²) in [6.45, 7) is 0.435. The van der Waals surface area contributed by atoms with Gasteiger partial charge in [-0.05, 0) is 23.6 Å². The molecule has 5 heteroatoms. The Morgan fingerprint density at radius 2 is 2.31 bits per heavy atom. The average molecular weight is 233 g/mol. The summed E-state index contributed by atoms with van der Waals surface area (Å²) in [6, 6.07) is 5.27. The van der Waals surface area contributed by atoms with Crippen molar-refractivity contribution in [2.24, 2.45) is 0 Å². The van der Waals surface area contributed by atoms with Crippen LogP contribution in [0.4, 0.5) is 4.39 Å². The van der Waals surface area contributed by atoms with Gasteiger partial charge >= 0.3 is 0 Å². The molecule has 0 unspecified atom stereocenters. The molecule has 0 fully saturated rings. The number of hydrogen-bond donors (Lipinski definition) is 0. The highest BCUT2D eigenvalue weighted by molar-refractivity contribution is 7.09. The highest BCUT2D eigenvalue weighted by Crippen LogP contribution is 2.18. The summed E-state index contributed by atoms with van der Waals surface area (Å²) in [4.78, 5) is 4.91. The number of rotatable bonds is 2. The highest BCUT2D eigenvalue weighted by Gasteiger charge is 2.08. The lowest BCUT2D eigenvalue weighted by molar-refractivity contribution is 0.600. The van der Waals surface area contributed by atoms with Crippen LogP contribution in [0, 0.1) is 5.82 Å². The number of pyridine rings is 1. The van der Waals surface area contributed by atoms with Gasteiger partial charge in [0.05, 0.1) is 17.6 Å². The van der Waals surface area contributed by atoms with Gasteiger partial charge < -0.3 is 0 Å². The molecule has 3 aromatic rings. The first kappa shape index (κ1) is 9.47. The first-order chi connectivity index (χ1) is 7.84. The SMILES string of the molecule is Fc1ccsc1Cn1ncc2cccnc21. The maximum atomic E-state index is 13.3. The standard InChI is InChI=1S/C11H8FN3S/c12-9-3-5-16-10(9)7-15-11-8(6-14-15)2-1-4-13-11/h1-6H,7H2. The highest BCUT2D eigenvalue weighted by atomic mass is 32.1. The molecule has 0 bridgehead atoms. The molecule has 0 aliphatic rings. The van der Waals surface area contributed by atoms with Gasteiger partial charge in [-0.25, -0.2) is 14.1 Å². The molecule has 0 spiro atoms. The Kier molecular flexibility index (Phi) is 2.18. The van der Waals surface area contributed by atoms with Gasteiger partial charge in [0.25, 0.3) is 0 Å². The summed E-state index contributed by atoms with van der Waals surface area (Å²) in [5.74, 6) is -0.176. The van der Waals surface area contributed by atoms with Crippen LogP contribution in [0.15, 0.2) is 36.0 Å². The maximum absolute atomic E-state index is 13.3. The lowest BCUT2D eigenvalue weighted by Gasteiger charge is -2.00. The van der Waals surface area contributed by atoms with Gasteiger partial charge in [0, 0.05) is 11.6 Å². The van der Waals surface area contributed by atoms with E-state index in [9.17, 15) is 4.39 Å².